The lowest BCUT2D eigenvalue weighted by Gasteiger charge is -2.13. The molecule has 1 amide bonds. The SMILES string of the molecule is CCC(F)CCCC(=O)N[C@@H](CCC(=O)O)C(=O)O. The van der Waals surface area contributed by atoms with Gasteiger partial charge in [-0.2, -0.15) is 0 Å². The van der Waals surface area contributed by atoms with Crippen LogP contribution in [0.25, 0.3) is 0 Å². The van der Waals surface area contributed by atoms with Gasteiger partial charge >= 0.3 is 11.9 Å². The first-order valence-electron chi connectivity index (χ1n) is 6.24. The molecule has 3 N–H and O–H groups in total. The molecule has 2 atom stereocenters. The van der Waals surface area contributed by atoms with E-state index in [1.54, 1.807) is 6.92 Å². The fourth-order valence-corrected chi connectivity index (χ4v) is 1.48. The molecule has 0 fully saturated rings. The van der Waals surface area contributed by atoms with Crippen molar-refractivity contribution in [1.82, 2.24) is 5.32 Å². The third-order valence-electron chi connectivity index (χ3n) is 2.64. The van der Waals surface area contributed by atoms with Crippen molar-refractivity contribution in [1.29, 1.82) is 0 Å². The molecule has 0 saturated heterocycles. The summed E-state index contributed by atoms with van der Waals surface area (Å²) in [5, 5.41) is 19.5. The minimum absolute atomic E-state index is 0.0390. The van der Waals surface area contributed by atoms with Gasteiger partial charge in [0.2, 0.25) is 5.91 Å². The first-order valence-corrected chi connectivity index (χ1v) is 6.24. The lowest BCUT2D eigenvalue weighted by molar-refractivity contribution is -0.143. The summed E-state index contributed by atoms with van der Waals surface area (Å²) in [7, 11) is 0. The van der Waals surface area contributed by atoms with E-state index in [4.69, 9.17) is 10.2 Å². The second-order valence-electron chi connectivity index (χ2n) is 4.29. The molecule has 0 aliphatic heterocycles. The lowest BCUT2D eigenvalue weighted by atomic mass is 10.1. The van der Waals surface area contributed by atoms with Gasteiger partial charge in [-0.25, -0.2) is 9.18 Å². The van der Waals surface area contributed by atoms with Gasteiger partial charge in [-0.1, -0.05) is 6.92 Å². The van der Waals surface area contributed by atoms with E-state index in [1.165, 1.54) is 0 Å². The minimum Gasteiger partial charge on any atom is -0.481 e. The van der Waals surface area contributed by atoms with E-state index in [0.29, 0.717) is 12.8 Å². The number of amides is 1. The van der Waals surface area contributed by atoms with Crippen molar-refractivity contribution in [3.63, 3.8) is 0 Å². The molecule has 0 heterocycles. The van der Waals surface area contributed by atoms with Crippen molar-refractivity contribution in [2.75, 3.05) is 0 Å². The van der Waals surface area contributed by atoms with Gasteiger partial charge in [0.1, 0.15) is 6.04 Å². The topological polar surface area (TPSA) is 104 Å². The minimum atomic E-state index is -1.27. The van der Waals surface area contributed by atoms with Crippen molar-refractivity contribution in [3.05, 3.63) is 0 Å². The maximum Gasteiger partial charge on any atom is 0.326 e. The number of nitrogens with one attached hydrogen (secondary N) is 1. The number of alkyl halides is 1. The maximum absolute atomic E-state index is 12.9. The number of rotatable bonds is 10. The Balaban J connectivity index is 4.03. The van der Waals surface area contributed by atoms with E-state index >= 15 is 0 Å². The molecule has 0 aromatic rings. The maximum atomic E-state index is 12.9. The molecule has 0 bridgehead atoms. The Morgan fingerprint density at radius 3 is 2.26 bits per heavy atom. The molecule has 1 unspecified atom stereocenters. The molecule has 110 valence electrons. The second kappa shape index (κ2) is 9.29. The highest BCUT2D eigenvalue weighted by atomic mass is 19.1. The zero-order valence-corrected chi connectivity index (χ0v) is 10.9. The fourth-order valence-electron chi connectivity index (χ4n) is 1.48. The van der Waals surface area contributed by atoms with Crippen molar-refractivity contribution in [2.24, 2.45) is 0 Å². The highest BCUT2D eigenvalue weighted by Gasteiger charge is 2.20. The first-order chi connectivity index (χ1) is 8.86. The lowest BCUT2D eigenvalue weighted by Crippen LogP contribution is -2.41. The van der Waals surface area contributed by atoms with Gasteiger partial charge in [0.05, 0.1) is 6.17 Å². The number of carboxylic acid groups (broad SMARTS) is 2. The average molecular weight is 277 g/mol. The van der Waals surface area contributed by atoms with Crippen molar-refractivity contribution in [3.8, 4) is 0 Å². The van der Waals surface area contributed by atoms with Crippen LogP contribution in [0.4, 0.5) is 4.39 Å². The summed E-state index contributed by atoms with van der Waals surface area (Å²) in [5.74, 6) is -2.89. The van der Waals surface area contributed by atoms with Crippen molar-refractivity contribution in [2.45, 2.75) is 57.7 Å². The van der Waals surface area contributed by atoms with Crippen LogP contribution in [-0.4, -0.2) is 40.3 Å². The predicted molar refractivity (Wildman–Crippen MR) is 65.5 cm³/mol. The van der Waals surface area contributed by atoms with Gasteiger partial charge < -0.3 is 15.5 Å². The number of halogens is 1. The molecule has 0 spiro atoms. The summed E-state index contributed by atoms with van der Waals surface area (Å²) in [5.41, 5.74) is 0. The van der Waals surface area contributed by atoms with Crippen LogP contribution < -0.4 is 5.32 Å². The summed E-state index contributed by atoms with van der Waals surface area (Å²) in [6.45, 7) is 1.71. The zero-order valence-electron chi connectivity index (χ0n) is 10.9. The number of hydrogen-bond donors (Lipinski definition) is 3. The molecule has 0 rings (SSSR count). The molecule has 0 aromatic heterocycles. The third-order valence-corrected chi connectivity index (χ3v) is 2.64. The summed E-state index contributed by atoms with van der Waals surface area (Å²) < 4.78 is 12.9. The summed E-state index contributed by atoms with van der Waals surface area (Å²) >= 11 is 0. The van der Waals surface area contributed by atoms with E-state index in [-0.39, 0.29) is 25.7 Å². The Morgan fingerprint density at radius 1 is 1.16 bits per heavy atom. The van der Waals surface area contributed by atoms with E-state index in [9.17, 15) is 18.8 Å². The molecule has 0 aromatic carbocycles. The van der Waals surface area contributed by atoms with Gasteiger partial charge in [-0.15, -0.1) is 0 Å². The highest BCUT2D eigenvalue weighted by molar-refractivity contribution is 5.83. The largest absolute Gasteiger partial charge is 0.481 e. The molecule has 0 saturated carbocycles. The van der Waals surface area contributed by atoms with Gasteiger partial charge in [-0.05, 0) is 25.7 Å². The van der Waals surface area contributed by atoms with E-state index in [0.717, 1.165) is 0 Å². The van der Waals surface area contributed by atoms with Crippen molar-refractivity contribution < 1.29 is 29.0 Å². The molecule has 7 heteroatoms. The Hall–Kier alpha value is -1.66. The van der Waals surface area contributed by atoms with Gasteiger partial charge in [0.25, 0.3) is 0 Å². The number of carboxylic acids is 2. The van der Waals surface area contributed by atoms with E-state index < -0.39 is 30.1 Å². The van der Waals surface area contributed by atoms with E-state index in [2.05, 4.69) is 5.32 Å². The number of carbonyl (C=O) groups excluding carboxylic acids is 1. The highest BCUT2D eigenvalue weighted by Crippen LogP contribution is 2.08. The normalized spacial score (nSPS) is 13.6. The molecule has 6 nitrogen and oxygen atoms in total. The second-order valence-corrected chi connectivity index (χ2v) is 4.29. The Labute approximate surface area is 111 Å². The van der Waals surface area contributed by atoms with Crippen LogP contribution in [0.2, 0.25) is 0 Å². The summed E-state index contributed by atoms with van der Waals surface area (Å²) in [6.07, 6.45) is -0.426. The molecule has 0 radical (unpaired) electrons. The average Bonchev–Trinajstić information content (AvgIpc) is 2.33. The van der Waals surface area contributed by atoms with Crippen LogP contribution in [0, 0.1) is 0 Å². The third kappa shape index (κ3) is 8.98. The monoisotopic (exact) mass is 277 g/mol. The molecule has 0 aliphatic carbocycles. The number of carbonyl (C=O) groups is 3. The predicted octanol–water partition coefficient (Wildman–Crippen LogP) is 1.34. The first kappa shape index (κ1) is 17.3. The summed E-state index contributed by atoms with van der Waals surface area (Å²) in [6, 6.07) is -1.21. The molecular formula is C12H20FNO5. The van der Waals surface area contributed by atoms with Crippen LogP contribution in [-0.2, 0) is 14.4 Å². The standard InChI is InChI=1S/C12H20FNO5/c1-2-8(13)4-3-5-10(15)14-9(12(18)19)6-7-11(16)17/h8-9H,2-7H2,1H3,(H,14,15)(H,16,17)(H,18,19)/t8?,9-/m0/s1. The Bertz CT molecular complexity index is 321. The Kier molecular flexibility index (Phi) is 8.48. The van der Waals surface area contributed by atoms with Gasteiger partial charge in [0, 0.05) is 12.8 Å². The molecular weight excluding hydrogens is 257 g/mol. The van der Waals surface area contributed by atoms with Crippen LogP contribution >= 0.6 is 0 Å². The fraction of sp³-hybridized carbons (Fsp3) is 0.750. The molecule has 0 aliphatic rings. The molecule has 19 heavy (non-hydrogen) atoms. The quantitative estimate of drug-likeness (QED) is 0.559. The van der Waals surface area contributed by atoms with Crippen molar-refractivity contribution >= 4 is 17.8 Å². The zero-order chi connectivity index (χ0) is 14.8. The van der Waals surface area contributed by atoms with Gasteiger partial charge in [-0.3, -0.25) is 9.59 Å². The van der Waals surface area contributed by atoms with Crippen LogP contribution in [0.1, 0.15) is 45.4 Å². The Morgan fingerprint density at radius 2 is 1.79 bits per heavy atom. The van der Waals surface area contributed by atoms with E-state index in [1.807, 2.05) is 0 Å². The smallest absolute Gasteiger partial charge is 0.326 e. The summed E-state index contributed by atoms with van der Waals surface area (Å²) in [4.78, 5) is 32.6. The van der Waals surface area contributed by atoms with Crippen LogP contribution in [0.15, 0.2) is 0 Å². The number of aliphatic carboxylic acids is 2. The van der Waals surface area contributed by atoms with Crippen LogP contribution in [0.3, 0.4) is 0 Å². The van der Waals surface area contributed by atoms with Crippen LogP contribution in [0.5, 0.6) is 0 Å². The number of hydrogen-bond acceptors (Lipinski definition) is 3. The van der Waals surface area contributed by atoms with Gasteiger partial charge in [0.15, 0.2) is 0 Å².